The van der Waals surface area contributed by atoms with Crippen molar-refractivity contribution >= 4 is 56.6 Å². The number of ether oxygens (including phenoxy) is 2. The molecule has 0 saturated heterocycles. The zero-order valence-corrected chi connectivity index (χ0v) is 26.1. The summed E-state index contributed by atoms with van der Waals surface area (Å²) in [4.78, 5) is 37.5. The van der Waals surface area contributed by atoms with Crippen LogP contribution in [0.1, 0.15) is 60.1 Å². The molecule has 0 amide bonds. The van der Waals surface area contributed by atoms with Gasteiger partial charge in [-0.2, -0.15) is 0 Å². The van der Waals surface area contributed by atoms with Gasteiger partial charge >= 0.3 is 11.9 Å². The Balaban J connectivity index is 1.50. The lowest BCUT2D eigenvalue weighted by Gasteiger charge is -2.29. The fourth-order valence-corrected chi connectivity index (χ4v) is 5.35. The van der Waals surface area contributed by atoms with E-state index >= 15 is 0 Å². The van der Waals surface area contributed by atoms with E-state index in [9.17, 15) is 22.8 Å². The minimum atomic E-state index is -4.22. The molecule has 1 atom stereocenters. The van der Waals surface area contributed by atoms with Crippen LogP contribution >= 0.6 is 23.2 Å². The highest BCUT2D eigenvalue weighted by atomic mass is 35.5. The summed E-state index contributed by atoms with van der Waals surface area (Å²) >= 11 is 12.1. The molecule has 14 heteroatoms. The van der Waals surface area contributed by atoms with Gasteiger partial charge in [0.1, 0.15) is 17.3 Å². The number of esters is 2. The maximum Gasteiger partial charge on any atom is 0.340 e. The van der Waals surface area contributed by atoms with Crippen LogP contribution in [0.15, 0.2) is 64.1 Å². The molecule has 11 nitrogen and oxygen atoms in total. The molecule has 0 unspecified atom stereocenters. The molecular weight excluding hydrogens is 621 g/mol. The molecule has 0 saturated carbocycles. The Morgan fingerprint density at radius 1 is 1.07 bits per heavy atom. The number of nitrogens with one attached hydrogen (secondary N) is 2. The topological polar surface area (TPSA) is 167 Å². The van der Waals surface area contributed by atoms with Crippen LogP contribution in [0.4, 0.5) is 5.69 Å². The van der Waals surface area contributed by atoms with E-state index in [1.165, 1.54) is 12.3 Å². The minimum absolute atomic E-state index is 0.00933. The molecule has 0 aliphatic rings. The largest absolute Gasteiger partial charge is 0.467 e. The average molecular weight is 655 g/mol. The molecule has 3 rings (SSSR count). The number of primary sulfonamides is 1. The van der Waals surface area contributed by atoms with Gasteiger partial charge in [0.05, 0.1) is 41.7 Å². The number of ketones is 1. The van der Waals surface area contributed by atoms with Gasteiger partial charge < -0.3 is 19.2 Å². The number of anilines is 1. The Bertz CT molecular complexity index is 1560. The van der Waals surface area contributed by atoms with Crippen LogP contribution in [0, 0.1) is 0 Å². The number of halogens is 2. The molecule has 4 N–H and O–H groups in total. The van der Waals surface area contributed by atoms with Crippen LogP contribution in [0.2, 0.25) is 10.0 Å². The van der Waals surface area contributed by atoms with Crippen molar-refractivity contribution in [2.75, 3.05) is 18.5 Å². The molecular formula is C29H33Cl2N3O8S. The number of hydrogen-bond donors (Lipinski definition) is 3. The highest BCUT2D eigenvalue weighted by Crippen LogP contribution is 2.29. The van der Waals surface area contributed by atoms with Gasteiger partial charge in [-0.25, -0.2) is 18.4 Å². The molecule has 1 aromatic heterocycles. The third-order valence-corrected chi connectivity index (χ3v) is 7.70. The zero-order valence-electron chi connectivity index (χ0n) is 23.8. The van der Waals surface area contributed by atoms with Crippen molar-refractivity contribution in [3.05, 3.63) is 81.7 Å². The van der Waals surface area contributed by atoms with Gasteiger partial charge in [0, 0.05) is 22.5 Å². The van der Waals surface area contributed by atoms with Crippen molar-refractivity contribution in [1.82, 2.24) is 5.32 Å². The molecule has 232 valence electrons. The molecule has 0 aliphatic carbocycles. The molecule has 43 heavy (non-hydrogen) atoms. The van der Waals surface area contributed by atoms with Gasteiger partial charge in [0.25, 0.3) is 0 Å². The summed E-state index contributed by atoms with van der Waals surface area (Å²) < 4.78 is 39.8. The van der Waals surface area contributed by atoms with E-state index in [4.69, 9.17) is 42.2 Å². The average Bonchev–Trinajstić information content (AvgIpc) is 3.45. The van der Waals surface area contributed by atoms with Crippen molar-refractivity contribution in [3.8, 4) is 0 Å². The smallest absolute Gasteiger partial charge is 0.340 e. The Kier molecular flexibility index (Phi) is 11.8. The lowest BCUT2D eigenvalue weighted by Crippen LogP contribution is -2.51. The number of nitrogens with two attached hydrogens (primary N) is 1. The van der Waals surface area contributed by atoms with Gasteiger partial charge in [0.2, 0.25) is 10.0 Å². The summed E-state index contributed by atoms with van der Waals surface area (Å²) in [5, 5.41) is 11.6. The molecule has 3 aromatic rings. The van der Waals surface area contributed by atoms with Crippen molar-refractivity contribution in [2.45, 2.75) is 56.6 Å². The third-order valence-electron chi connectivity index (χ3n) is 6.09. The zero-order chi connectivity index (χ0) is 31.8. The van der Waals surface area contributed by atoms with Crippen LogP contribution < -0.4 is 15.8 Å². The first kappa shape index (κ1) is 34.1. The number of hydrogen-bond acceptors (Lipinski definition) is 10. The van der Waals surface area contributed by atoms with E-state index in [0.717, 1.165) is 6.07 Å². The Morgan fingerprint density at radius 3 is 2.47 bits per heavy atom. The summed E-state index contributed by atoms with van der Waals surface area (Å²) in [5.41, 5.74) is -0.160. The predicted molar refractivity (Wildman–Crippen MR) is 162 cm³/mol. The lowest BCUT2D eigenvalue weighted by molar-refractivity contribution is -0.145. The van der Waals surface area contributed by atoms with Crippen molar-refractivity contribution in [1.29, 1.82) is 0 Å². The maximum atomic E-state index is 12.9. The molecule has 0 radical (unpaired) electrons. The normalized spacial score (nSPS) is 12.4. The third kappa shape index (κ3) is 10.4. The van der Waals surface area contributed by atoms with Crippen LogP contribution in [0.25, 0.3) is 0 Å². The summed E-state index contributed by atoms with van der Waals surface area (Å²) in [6.07, 6.45) is 1.58. The summed E-state index contributed by atoms with van der Waals surface area (Å²) in [7, 11) is -4.22. The van der Waals surface area contributed by atoms with Gasteiger partial charge in [0.15, 0.2) is 5.78 Å². The molecule has 0 spiro atoms. The minimum Gasteiger partial charge on any atom is -0.467 e. The molecule has 0 fully saturated rings. The van der Waals surface area contributed by atoms with E-state index in [1.807, 2.05) is 0 Å². The van der Waals surface area contributed by atoms with E-state index < -0.39 is 38.4 Å². The quantitative estimate of drug-likeness (QED) is 0.116. The van der Waals surface area contributed by atoms with E-state index in [-0.39, 0.29) is 54.7 Å². The Labute approximate surface area is 260 Å². The van der Waals surface area contributed by atoms with Gasteiger partial charge in [-0.3, -0.25) is 14.9 Å². The van der Waals surface area contributed by atoms with E-state index in [0.29, 0.717) is 16.3 Å². The molecule has 0 bridgehead atoms. The van der Waals surface area contributed by atoms with Crippen molar-refractivity contribution in [2.24, 2.45) is 5.14 Å². The second-order valence-corrected chi connectivity index (χ2v) is 12.7. The summed E-state index contributed by atoms with van der Waals surface area (Å²) in [6, 6.07) is 11.8. The fourth-order valence-electron chi connectivity index (χ4n) is 4.06. The molecule has 0 aliphatic heterocycles. The first-order chi connectivity index (χ1) is 20.2. The standard InChI is InChI=1S/C29H33Cl2N3O8S/c1-18(27(36)19-7-4-8-20(30)13-19)34-29(2,3)17-42-26(35)10-6-12-41-28(37)22-14-25(43(32,38)39)23(31)15-24(22)33-16-21-9-5-11-40-21/h4-5,7-9,11,13-15,18,33-34H,6,10,12,16-17H2,1-3H3,(H2,32,38,39)/t18-/m0/s1. The van der Waals surface area contributed by atoms with Gasteiger partial charge in [-0.15, -0.1) is 0 Å². The number of sulfonamides is 1. The second-order valence-electron chi connectivity index (χ2n) is 10.3. The van der Waals surface area contributed by atoms with Crippen LogP contribution in [0.3, 0.4) is 0 Å². The van der Waals surface area contributed by atoms with Crippen molar-refractivity contribution in [3.63, 3.8) is 0 Å². The van der Waals surface area contributed by atoms with Gasteiger partial charge in [-0.05, 0) is 63.6 Å². The fraction of sp³-hybridized carbons (Fsp3) is 0.345. The Hall–Kier alpha value is -3.42. The maximum absolute atomic E-state index is 12.9. The van der Waals surface area contributed by atoms with Crippen LogP contribution in [0.5, 0.6) is 0 Å². The van der Waals surface area contributed by atoms with E-state index in [2.05, 4.69) is 10.6 Å². The predicted octanol–water partition coefficient (Wildman–Crippen LogP) is 4.97. The summed E-state index contributed by atoms with van der Waals surface area (Å²) in [6.45, 7) is 5.33. The molecule has 1 heterocycles. The number of Topliss-reactive ketones (excluding diaryl/α,β-unsaturated/α-hetero) is 1. The lowest BCUT2D eigenvalue weighted by atomic mass is 10.0. The first-order valence-electron chi connectivity index (χ1n) is 13.2. The van der Waals surface area contributed by atoms with Crippen molar-refractivity contribution < 1.29 is 36.7 Å². The van der Waals surface area contributed by atoms with Crippen LogP contribution in [-0.4, -0.2) is 50.9 Å². The number of rotatable bonds is 15. The Morgan fingerprint density at radius 2 is 1.81 bits per heavy atom. The highest BCUT2D eigenvalue weighted by molar-refractivity contribution is 7.89. The highest BCUT2D eigenvalue weighted by Gasteiger charge is 2.26. The number of furan rings is 1. The number of carbonyl (C=O) groups excluding carboxylic acids is 3. The summed E-state index contributed by atoms with van der Waals surface area (Å²) in [5.74, 6) is -0.964. The number of benzene rings is 2. The van der Waals surface area contributed by atoms with Gasteiger partial charge in [-0.1, -0.05) is 35.3 Å². The van der Waals surface area contributed by atoms with E-state index in [1.54, 1.807) is 57.2 Å². The monoisotopic (exact) mass is 653 g/mol. The second kappa shape index (κ2) is 14.8. The van der Waals surface area contributed by atoms with Crippen LogP contribution in [-0.2, 0) is 30.8 Å². The molecule has 2 aromatic carbocycles. The first-order valence-corrected chi connectivity index (χ1v) is 15.5. The SMILES string of the molecule is C[C@H](NC(C)(C)COC(=O)CCCOC(=O)c1cc(S(N)(=O)=O)c(Cl)cc1NCc1ccco1)C(=O)c1cccc(Cl)c1. The number of carbonyl (C=O) groups is 3.